The van der Waals surface area contributed by atoms with E-state index < -0.39 is 6.04 Å². The van der Waals surface area contributed by atoms with Crippen LogP contribution in [0.25, 0.3) is 0 Å². The molecule has 34 heavy (non-hydrogen) atoms. The lowest BCUT2D eigenvalue weighted by Crippen LogP contribution is -2.22. The Morgan fingerprint density at radius 3 is 2.50 bits per heavy atom. The third-order valence-electron chi connectivity index (χ3n) is 6.44. The number of hydrogen-bond donors (Lipinski definition) is 2. The highest BCUT2D eigenvalue weighted by Gasteiger charge is 2.29. The Hall–Kier alpha value is -3.83. The molecule has 0 radical (unpaired) electrons. The van der Waals surface area contributed by atoms with E-state index >= 15 is 0 Å². The number of rotatable bonds is 4. The van der Waals surface area contributed by atoms with E-state index in [1.54, 1.807) is 24.3 Å². The van der Waals surface area contributed by atoms with E-state index in [9.17, 15) is 9.59 Å². The van der Waals surface area contributed by atoms with Gasteiger partial charge in [-0.3, -0.25) is 9.59 Å². The zero-order chi connectivity index (χ0) is 23.8. The molecular formula is C28H24ClN3O2. The number of fused-ring (bicyclic) bond motifs is 2. The molecule has 1 amide bonds. The fraction of sp³-hybridized carbons (Fsp3) is 0.143. The molecule has 0 fully saturated rings. The Morgan fingerprint density at radius 1 is 0.941 bits per heavy atom. The van der Waals surface area contributed by atoms with Gasteiger partial charge >= 0.3 is 0 Å². The van der Waals surface area contributed by atoms with Gasteiger partial charge in [-0.1, -0.05) is 41.9 Å². The Bertz CT molecular complexity index is 1410. The maximum Gasteiger partial charge on any atom is 0.255 e. The van der Waals surface area contributed by atoms with E-state index in [1.807, 2.05) is 73.0 Å². The first-order valence-electron chi connectivity index (χ1n) is 11.1. The van der Waals surface area contributed by atoms with Crippen LogP contribution in [0.4, 0.5) is 11.4 Å². The molecule has 5 rings (SSSR count). The largest absolute Gasteiger partial charge is 0.370 e. The number of amides is 1. The van der Waals surface area contributed by atoms with Gasteiger partial charge < -0.3 is 15.2 Å². The van der Waals surface area contributed by atoms with Crippen molar-refractivity contribution in [3.8, 4) is 0 Å². The molecule has 1 unspecified atom stereocenters. The number of aromatic nitrogens is 1. The standard InChI is InChI=1S/C28H24ClN3O2/c1-17-6-5-8-22(18(17)2)28(34)30-21-12-10-19(11-13-21)27(33)26-24-14-15-25(29)32(24)16-20-7-3-4-9-23(20)31-26/h3-15,26,31H,16H2,1-2H3,(H,30,34). The number of halogens is 1. The molecule has 1 atom stereocenters. The van der Waals surface area contributed by atoms with Gasteiger partial charge in [0.05, 0.1) is 6.54 Å². The van der Waals surface area contributed by atoms with Gasteiger partial charge in [0, 0.05) is 28.2 Å². The van der Waals surface area contributed by atoms with Crippen molar-refractivity contribution < 1.29 is 9.59 Å². The Balaban J connectivity index is 1.40. The number of carbonyl (C=O) groups is 2. The second-order valence-corrected chi connectivity index (χ2v) is 8.93. The summed E-state index contributed by atoms with van der Waals surface area (Å²) in [6.07, 6.45) is 0. The minimum absolute atomic E-state index is 0.0693. The van der Waals surface area contributed by atoms with Crippen molar-refractivity contribution in [1.82, 2.24) is 4.57 Å². The van der Waals surface area contributed by atoms with Crippen molar-refractivity contribution in [2.45, 2.75) is 26.4 Å². The zero-order valence-electron chi connectivity index (χ0n) is 18.9. The molecule has 0 aliphatic carbocycles. The maximum atomic E-state index is 13.6. The summed E-state index contributed by atoms with van der Waals surface area (Å²) < 4.78 is 1.96. The number of para-hydroxylation sites is 1. The molecule has 1 aliphatic heterocycles. The number of ketones is 1. The van der Waals surface area contributed by atoms with Crippen molar-refractivity contribution in [3.63, 3.8) is 0 Å². The van der Waals surface area contributed by atoms with E-state index in [0.717, 1.165) is 28.1 Å². The Kier molecular flexibility index (Phi) is 5.72. The third-order valence-corrected chi connectivity index (χ3v) is 6.77. The van der Waals surface area contributed by atoms with Gasteiger partial charge in [0.2, 0.25) is 0 Å². The predicted molar refractivity (Wildman–Crippen MR) is 136 cm³/mol. The van der Waals surface area contributed by atoms with Crippen LogP contribution in [0.2, 0.25) is 5.15 Å². The van der Waals surface area contributed by atoms with Crippen LogP contribution < -0.4 is 10.6 Å². The van der Waals surface area contributed by atoms with Gasteiger partial charge in [-0.05, 0) is 79.1 Å². The highest BCUT2D eigenvalue weighted by atomic mass is 35.5. The topological polar surface area (TPSA) is 63.1 Å². The molecule has 1 aromatic heterocycles. The molecule has 2 heterocycles. The number of benzene rings is 3. The first-order chi connectivity index (χ1) is 16.4. The van der Waals surface area contributed by atoms with E-state index in [-0.39, 0.29) is 11.7 Å². The molecule has 0 spiro atoms. The van der Waals surface area contributed by atoms with Crippen molar-refractivity contribution in [1.29, 1.82) is 0 Å². The molecule has 170 valence electrons. The highest BCUT2D eigenvalue weighted by Crippen LogP contribution is 2.33. The van der Waals surface area contributed by atoms with Gasteiger partial charge in [-0.25, -0.2) is 0 Å². The summed E-state index contributed by atoms with van der Waals surface area (Å²) in [5, 5.41) is 6.93. The average molecular weight is 470 g/mol. The summed E-state index contributed by atoms with van der Waals surface area (Å²) in [6, 6.07) is 23.7. The number of hydrogen-bond acceptors (Lipinski definition) is 3. The number of aryl methyl sites for hydroxylation is 1. The molecule has 2 N–H and O–H groups in total. The molecule has 0 saturated carbocycles. The lowest BCUT2D eigenvalue weighted by atomic mass is 10.0. The van der Waals surface area contributed by atoms with Gasteiger partial charge in [-0.2, -0.15) is 0 Å². The number of Topliss-reactive ketones (excluding diaryl/α,β-unsaturated/α-hetero) is 1. The van der Waals surface area contributed by atoms with Crippen LogP contribution in [0, 0.1) is 13.8 Å². The van der Waals surface area contributed by atoms with Crippen molar-refractivity contribution in [3.05, 3.63) is 118 Å². The molecule has 0 bridgehead atoms. The molecule has 5 nitrogen and oxygen atoms in total. The summed E-state index contributed by atoms with van der Waals surface area (Å²) in [7, 11) is 0. The van der Waals surface area contributed by atoms with Gasteiger partial charge in [0.15, 0.2) is 5.78 Å². The summed E-state index contributed by atoms with van der Waals surface area (Å²) in [4.78, 5) is 26.3. The SMILES string of the molecule is Cc1cccc(C(=O)Nc2ccc(C(=O)C3Nc4ccccc4Cn4c(Cl)ccc43)cc2)c1C. The van der Waals surface area contributed by atoms with Crippen LogP contribution in [0.1, 0.15) is 49.1 Å². The lowest BCUT2D eigenvalue weighted by Gasteiger charge is -2.18. The molecule has 0 saturated heterocycles. The van der Waals surface area contributed by atoms with Crippen LogP contribution in [0.5, 0.6) is 0 Å². The number of anilines is 2. The molecule has 3 aromatic carbocycles. The van der Waals surface area contributed by atoms with Crippen LogP contribution >= 0.6 is 11.6 Å². The third kappa shape index (κ3) is 3.99. The molecule has 4 aromatic rings. The smallest absolute Gasteiger partial charge is 0.255 e. The number of carbonyl (C=O) groups excluding carboxylic acids is 2. The van der Waals surface area contributed by atoms with Crippen LogP contribution in [0.3, 0.4) is 0 Å². The summed E-state index contributed by atoms with van der Waals surface area (Å²) in [6.45, 7) is 4.51. The predicted octanol–water partition coefficient (Wildman–Crippen LogP) is 6.41. The fourth-order valence-corrected chi connectivity index (χ4v) is 4.58. The van der Waals surface area contributed by atoms with Crippen LogP contribution in [-0.2, 0) is 6.54 Å². The fourth-order valence-electron chi connectivity index (χ4n) is 4.35. The van der Waals surface area contributed by atoms with E-state index in [0.29, 0.717) is 28.5 Å². The van der Waals surface area contributed by atoms with Crippen LogP contribution in [-0.4, -0.2) is 16.3 Å². The van der Waals surface area contributed by atoms with Gasteiger partial charge in [0.25, 0.3) is 5.91 Å². The van der Waals surface area contributed by atoms with Crippen molar-refractivity contribution in [2.24, 2.45) is 0 Å². The van der Waals surface area contributed by atoms with E-state index in [2.05, 4.69) is 10.6 Å². The number of nitrogens with one attached hydrogen (secondary N) is 2. The van der Waals surface area contributed by atoms with Crippen molar-refractivity contribution >= 4 is 34.7 Å². The van der Waals surface area contributed by atoms with Gasteiger partial charge in [0.1, 0.15) is 11.2 Å². The summed E-state index contributed by atoms with van der Waals surface area (Å²) in [5.41, 5.74) is 6.64. The van der Waals surface area contributed by atoms with Crippen LogP contribution in [0.15, 0.2) is 78.9 Å². The first kappa shape index (κ1) is 22.0. The monoisotopic (exact) mass is 469 g/mol. The molecular weight excluding hydrogens is 446 g/mol. The molecule has 6 heteroatoms. The normalized spacial score (nSPS) is 14.4. The maximum absolute atomic E-state index is 13.6. The van der Waals surface area contributed by atoms with E-state index in [4.69, 9.17) is 11.6 Å². The minimum atomic E-state index is -0.577. The van der Waals surface area contributed by atoms with E-state index in [1.165, 1.54) is 0 Å². The lowest BCUT2D eigenvalue weighted by molar-refractivity contribution is 0.0966. The summed E-state index contributed by atoms with van der Waals surface area (Å²) >= 11 is 6.44. The Morgan fingerprint density at radius 2 is 1.71 bits per heavy atom. The van der Waals surface area contributed by atoms with Crippen molar-refractivity contribution in [2.75, 3.05) is 10.6 Å². The quantitative estimate of drug-likeness (QED) is 0.339. The first-order valence-corrected chi connectivity index (χ1v) is 11.5. The number of nitrogens with zero attached hydrogens (tertiary/aromatic N) is 1. The Labute approximate surface area is 203 Å². The minimum Gasteiger partial charge on any atom is -0.370 e. The summed E-state index contributed by atoms with van der Waals surface area (Å²) in [5.74, 6) is -0.241. The zero-order valence-corrected chi connectivity index (χ0v) is 19.7. The average Bonchev–Trinajstić information content (AvgIpc) is 3.10. The highest BCUT2D eigenvalue weighted by molar-refractivity contribution is 6.29. The second-order valence-electron chi connectivity index (χ2n) is 8.54. The molecule has 1 aliphatic rings. The van der Waals surface area contributed by atoms with Gasteiger partial charge in [-0.15, -0.1) is 0 Å². The second kappa shape index (κ2) is 8.84.